The number of likely N-dealkylation sites (N-methyl/N-ethyl adjacent to an activating group) is 1. The van der Waals surface area contributed by atoms with E-state index in [1.54, 1.807) is 42.4 Å². The molecule has 2 aromatic rings. The van der Waals surface area contributed by atoms with Gasteiger partial charge in [-0.05, 0) is 30.3 Å². The molecule has 0 radical (unpaired) electrons. The molecule has 2 fully saturated rings. The van der Waals surface area contributed by atoms with Gasteiger partial charge >= 0.3 is 0 Å². The lowest BCUT2D eigenvalue weighted by molar-refractivity contribution is -0.129. The number of anilines is 2. The highest BCUT2D eigenvalue weighted by Crippen LogP contribution is 2.25. The lowest BCUT2D eigenvalue weighted by Gasteiger charge is -2.32. The van der Waals surface area contributed by atoms with Crippen molar-refractivity contribution < 1.29 is 14.3 Å². The molecule has 2 aliphatic heterocycles. The quantitative estimate of drug-likeness (QED) is 0.594. The van der Waals surface area contributed by atoms with Crippen LogP contribution in [0, 0.1) is 5.41 Å². The highest BCUT2D eigenvalue weighted by Gasteiger charge is 2.23. The molecule has 2 saturated heterocycles. The van der Waals surface area contributed by atoms with Crippen molar-refractivity contribution in [1.29, 1.82) is 5.41 Å². The molecule has 4 rings (SSSR count). The number of pyridine rings is 1. The number of amides is 1. The van der Waals surface area contributed by atoms with E-state index in [9.17, 15) is 4.79 Å². The fourth-order valence-electron chi connectivity index (χ4n) is 3.16. The number of benzene rings is 1. The summed E-state index contributed by atoms with van der Waals surface area (Å²) in [6.07, 6.45) is 1.71. The molecule has 0 spiro atoms. The van der Waals surface area contributed by atoms with Gasteiger partial charge in [0.2, 0.25) is 5.91 Å². The van der Waals surface area contributed by atoms with E-state index >= 15 is 0 Å². The van der Waals surface area contributed by atoms with Crippen LogP contribution in [0.3, 0.4) is 0 Å². The van der Waals surface area contributed by atoms with E-state index in [2.05, 4.69) is 4.98 Å². The fourth-order valence-corrected chi connectivity index (χ4v) is 3.16. The van der Waals surface area contributed by atoms with Crippen LogP contribution in [0.25, 0.3) is 0 Å². The number of hydrogen-bond donors (Lipinski definition) is 2. The summed E-state index contributed by atoms with van der Waals surface area (Å²) in [5.41, 5.74) is 8.21. The first kappa shape index (κ1) is 18.2. The standard InChI is InChI=1S/C20H23N5O3/c1-24-6-7-25(10-19(24)26)18-8-13(4-5-23-18)20(22)16-9-14(2-3-17(16)21)28-15-11-27-12-15/h2-5,8-9,15,22H,6-7,10-12,21H2,1H3. The Labute approximate surface area is 163 Å². The van der Waals surface area contributed by atoms with Gasteiger partial charge in [0.15, 0.2) is 0 Å². The van der Waals surface area contributed by atoms with Crippen molar-refractivity contribution in [3.8, 4) is 5.75 Å². The number of aromatic nitrogens is 1. The van der Waals surface area contributed by atoms with E-state index in [4.69, 9.17) is 20.6 Å². The van der Waals surface area contributed by atoms with Crippen molar-refractivity contribution in [3.63, 3.8) is 0 Å². The molecule has 0 bridgehead atoms. The van der Waals surface area contributed by atoms with Gasteiger partial charge in [0.1, 0.15) is 17.7 Å². The van der Waals surface area contributed by atoms with E-state index in [0.717, 1.165) is 0 Å². The molecule has 0 aliphatic carbocycles. The van der Waals surface area contributed by atoms with Crippen LogP contribution in [0.15, 0.2) is 36.5 Å². The van der Waals surface area contributed by atoms with E-state index in [-0.39, 0.29) is 24.3 Å². The number of rotatable bonds is 5. The third-order valence-electron chi connectivity index (χ3n) is 5.02. The Hall–Kier alpha value is -3.13. The molecule has 1 amide bonds. The largest absolute Gasteiger partial charge is 0.486 e. The summed E-state index contributed by atoms with van der Waals surface area (Å²) in [4.78, 5) is 20.0. The summed E-state index contributed by atoms with van der Waals surface area (Å²) >= 11 is 0. The second-order valence-electron chi connectivity index (χ2n) is 7.04. The van der Waals surface area contributed by atoms with Gasteiger partial charge in [-0.3, -0.25) is 10.2 Å². The van der Waals surface area contributed by atoms with Crippen LogP contribution >= 0.6 is 0 Å². The Balaban J connectivity index is 1.56. The van der Waals surface area contributed by atoms with Gasteiger partial charge in [0.25, 0.3) is 0 Å². The summed E-state index contributed by atoms with van der Waals surface area (Å²) < 4.78 is 11.0. The van der Waals surface area contributed by atoms with Crippen molar-refractivity contribution in [2.75, 3.05) is 50.5 Å². The average molecular weight is 381 g/mol. The first-order valence-corrected chi connectivity index (χ1v) is 9.19. The van der Waals surface area contributed by atoms with Crippen LogP contribution in [-0.4, -0.2) is 67.5 Å². The smallest absolute Gasteiger partial charge is 0.241 e. The van der Waals surface area contributed by atoms with Crippen LogP contribution in [0.1, 0.15) is 11.1 Å². The molecule has 3 N–H and O–H groups in total. The molecular weight excluding hydrogens is 358 g/mol. The zero-order chi connectivity index (χ0) is 19.7. The van der Waals surface area contributed by atoms with E-state index in [0.29, 0.717) is 54.7 Å². The Morgan fingerprint density at radius 2 is 2.11 bits per heavy atom. The second kappa shape index (κ2) is 7.47. The van der Waals surface area contributed by atoms with Gasteiger partial charge in [-0.25, -0.2) is 4.98 Å². The maximum absolute atomic E-state index is 12.0. The Morgan fingerprint density at radius 1 is 1.29 bits per heavy atom. The Morgan fingerprint density at radius 3 is 2.82 bits per heavy atom. The lowest BCUT2D eigenvalue weighted by atomic mass is 10.0. The van der Waals surface area contributed by atoms with Crippen LogP contribution in [0.5, 0.6) is 5.75 Å². The normalized spacial score (nSPS) is 17.4. The Bertz CT molecular complexity index is 912. The predicted molar refractivity (Wildman–Crippen MR) is 106 cm³/mol. The molecule has 0 saturated carbocycles. The van der Waals surface area contributed by atoms with E-state index in [1.165, 1.54) is 0 Å². The summed E-state index contributed by atoms with van der Waals surface area (Å²) in [7, 11) is 1.80. The highest BCUT2D eigenvalue weighted by molar-refractivity contribution is 6.14. The van der Waals surface area contributed by atoms with Crippen molar-refractivity contribution >= 4 is 23.1 Å². The summed E-state index contributed by atoms with van der Waals surface area (Å²) in [5, 5.41) is 8.65. The maximum Gasteiger partial charge on any atom is 0.241 e. The predicted octanol–water partition coefficient (Wildman–Crippen LogP) is 1.14. The molecule has 2 aliphatic rings. The molecule has 3 heterocycles. The summed E-state index contributed by atoms with van der Waals surface area (Å²) in [6.45, 7) is 2.80. The number of nitrogens with one attached hydrogen (secondary N) is 1. The fraction of sp³-hybridized carbons (Fsp3) is 0.350. The minimum Gasteiger partial charge on any atom is -0.486 e. The first-order chi connectivity index (χ1) is 13.5. The monoisotopic (exact) mass is 381 g/mol. The number of piperazine rings is 1. The maximum atomic E-state index is 12.0. The average Bonchev–Trinajstić information content (AvgIpc) is 2.67. The van der Waals surface area contributed by atoms with Crippen molar-refractivity contribution in [3.05, 3.63) is 47.7 Å². The van der Waals surface area contributed by atoms with Gasteiger partial charge < -0.3 is 25.0 Å². The number of ether oxygens (including phenoxy) is 2. The third kappa shape index (κ3) is 3.63. The SMILES string of the molecule is CN1CCN(c2cc(C(=N)c3cc(OC4COC4)ccc3N)ccn2)CC1=O. The van der Waals surface area contributed by atoms with Crippen LogP contribution < -0.4 is 15.4 Å². The molecule has 0 atom stereocenters. The number of nitrogens with zero attached hydrogens (tertiary/aromatic N) is 3. The molecular formula is C20H23N5O3. The van der Waals surface area contributed by atoms with Crippen molar-refractivity contribution in [2.24, 2.45) is 0 Å². The summed E-state index contributed by atoms with van der Waals surface area (Å²) in [6, 6.07) is 8.94. The minimum atomic E-state index is 0.0490. The van der Waals surface area contributed by atoms with Gasteiger partial charge in [0, 0.05) is 43.1 Å². The molecule has 8 nitrogen and oxygen atoms in total. The topological polar surface area (TPSA) is 105 Å². The van der Waals surface area contributed by atoms with Gasteiger partial charge in [0.05, 0.1) is 25.5 Å². The number of carbonyl (C=O) groups excluding carboxylic acids is 1. The van der Waals surface area contributed by atoms with E-state index in [1.807, 2.05) is 11.0 Å². The molecule has 146 valence electrons. The Kier molecular flexibility index (Phi) is 4.87. The molecule has 28 heavy (non-hydrogen) atoms. The number of nitrogens with two attached hydrogens (primary N) is 1. The number of carbonyl (C=O) groups is 1. The molecule has 1 aromatic heterocycles. The van der Waals surface area contributed by atoms with Gasteiger partial charge in [-0.2, -0.15) is 0 Å². The van der Waals surface area contributed by atoms with Crippen LogP contribution in [-0.2, 0) is 9.53 Å². The molecule has 0 unspecified atom stereocenters. The zero-order valence-corrected chi connectivity index (χ0v) is 15.7. The van der Waals surface area contributed by atoms with Crippen molar-refractivity contribution in [1.82, 2.24) is 9.88 Å². The second-order valence-corrected chi connectivity index (χ2v) is 7.04. The minimum absolute atomic E-state index is 0.0490. The van der Waals surface area contributed by atoms with Crippen LogP contribution in [0.2, 0.25) is 0 Å². The molecule has 8 heteroatoms. The lowest BCUT2D eigenvalue weighted by Crippen LogP contribution is -2.48. The first-order valence-electron chi connectivity index (χ1n) is 9.19. The third-order valence-corrected chi connectivity index (χ3v) is 5.02. The van der Waals surface area contributed by atoms with Gasteiger partial charge in [-0.15, -0.1) is 0 Å². The molecule has 1 aromatic carbocycles. The van der Waals surface area contributed by atoms with Gasteiger partial charge in [-0.1, -0.05) is 0 Å². The number of nitrogen functional groups attached to an aromatic ring is 1. The van der Waals surface area contributed by atoms with Crippen LogP contribution in [0.4, 0.5) is 11.5 Å². The summed E-state index contributed by atoms with van der Waals surface area (Å²) in [5.74, 6) is 1.41. The number of hydrogen-bond acceptors (Lipinski definition) is 7. The van der Waals surface area contributed by atoms with Crippen molar-refractivity contribution in [2.45, 2.75) is 6.10 Å². The van der Waals surface area contributed by atoms with E-state index < -0.39 is 0 Å². The highest BCUT2D eigenvalue weighted by atomic mass is 16.6. The zero-order valence-electron chi connectivity index (χ0n) is 15.7.